The molecular weight excluding hydrogens is 230 g/mol. The quantitative estimate of drug-likeness (QED) is 0.899. The number of hydrogen-bond donors (Lipinski definition) is 1. The van der Waals surface area contributed by atoms with Crippen LogP contribution in [0.15, 0.2) is 17.5 Å². The molecule has 0 saturated carbocycles. The Morgan fingerprint density at radius 1 is 1.29 bits per heavy atom. The van der Waals surface area contributed by atoms with Crippen molar-refractivity contribution in [1.82, 2.24) is 9.97 Å². The predicted octanol–water partition coefficient (Wildman–Crippen LogP) is 3.68. The molecule has 0 aliphatic rings. The molecule has 2 aromatic heterocycles. The van der Waals surface area contributed by atoms with Crippen LogP contribution in [0, 0.1) is 6.92 Å². The number of thiophene rings is 1. The first-order valence-electron chi connectivity index (χ1n) is 5.73. The highest BCUT2D eigenvalue weighted by Crippen LogP contribution is 2.29. The van der Waals surface area contributed by atoms with Gasteiger partial charge in [-0.1, -0.05) is 13.8 Å². The van der Waals surface area contributed by atoms with E-state index in [0.717, 1.165) is 17.3 Å². The van der Waals surface area contributed by atoms with E-state index in [0.29, 0.717) is 5.92 Å². The van der Waals surface area contributed by atoms with Crippen molar-refractivity contribution in [2.24, 2.45) is 0 Å². The maximum Gasteiger partial charge on any atom is 0.133 e. The Bertz CT molecular complexity index is 517. The summed E-state index contributed by atoms with van der Waals surface area (Å²) in [6.07, 6.45) is 0. The number of hydrogen-bond acceptors (Lipinski definition) is 4. The van der Waals surface area contributed by atoms with Gasteiger partial charge in [-0.25, -0.2) is 9.97 Å². The third-order valence-electron chi connectivity index (χ3n) is 2.61. The zero-order chi connectivity index (χ0) is 12.4. The van der Waals surface area contributed by atoms with Crippen LogP contribution in [-0.4, -0.2) is 17.0 Å². The molecule has 4 heteroatoms. The predicted molar refractivity (Wildman–Crippen MR) is 73.7 cm³/mol. The zero-order valence-corrected chi connectivity index (χ0v) is 11.4. The summed E-state index contributed by atoms with van der Waals surface area (Å²) in [6.45, 7) is 6.34. The number of nitrogens with one attached hydrogen (secondary N) is 1. The molecule has 2 aromatic rings. The first-order chi connectivity index (χ1) is 8.11. The molecule has 0 fully saturated rings. The van der Waals surface area contributed by atoms with Gasteiger partial charge < -0.3 is 5.32 Å². The molecular formula is C13H17N3S. The zero-order valence-electron chi connectivity index (χ0n) is 10.6. The van der Waals surface area contributed by atoms with Gasteiger partial charge in [0.1, 0.15) is 11.6 Å². The van der Waals surface area contributed by atoms with Crippen molar-refractivity contribution in [2.75, 3.05) is 12.4 Å². The number of nitrogens with zero attached hydrogens (tertiary/aromatic N) is 2. The second-order valence-corrected chi connectivity index (χ2v) is 5.25. The Hall–Kier alpha value is -1.42. The monoisotopic (exact) mass is 247 g/mol. The van der Waals surface area contributed by atoms with Crippen molar-refractivity contribution < 1.29 is 0 Å². The first kappa shape index (κ1) is 12.0. The molecule has 17 heavy (non-hydrogen) atoms. The van der Waals surface area contributed by atoms with E-state index in [1.807, 2.05) is 13.1 Å². The van der Waals surface area contributed by atoms with Crippen molar-refractivity contribution in [3.63, 3.8) is 0 Å². The molecule has 0 spiro atoms. The number of aromatic nitrogens is 2. The summed E-state index contributed by atoms with van der Waals surface area (Å²) < 4.78 is 0. The molecule has 90 valence electrons. The molecule has 0 unspecified atom stereocenters. The molecule has 0 atom stereocenters. The maximum atomic E-state index is 4.64. The molecule has 2 heterocycles. The van der Waals surface area contributed by atoms with Gasteiger partial charge in [0.05, 0.1) is 10.6 Å². The van der Waals surface area contributed by atoms with E-state index in [1.54, 1.807) is 11.3 Å². The van der Waals surface area contributed by atoms with E-state index < -0.39 is 0 Å². The summed E-state index contributed by atoms with van der Waals surface area (Å²) in [5, 5.41) is 5.20. The lowest BCUT2D eigenvalue weighted by Crippen LogP contribution is -2.03. The van der Waals surface area contributed by atoms with Gasteiger partial charge in [-0.15, -0.1) is 11.3 Å². The van der Waals surface area contributed by atoms with Gasteiger partial charge in [0.2, 0.25) is 0 Å². The maximum absolute atomic E-state index is 4.64. The fourth-order valence-electron chi connectivity index (χ4n) is 1.60. The fourth-order valence-corrected chi connectivity index (χ4v) is 2.49. The minimum absolute atomic E-state index is 0.335. The normalized spacial score (nSPS) is 10.9. The molecule has 0 amide bonds. The number of aryl methyl sites for hydroxylation is 1. The fraction of sp³-hybridized carbons (Fsp3) is 0.385. The molecule has 0 bridgehead atoms. The summed E-state index contributed by atoms with van der Waals surface area (Å²) >= 11 is 1.72. The van der Waals surface area contributed by atoms with E-state index in [9.17, 15) is 0 Å². The lowest BCUT2D eigenvalue weighted by Gasteiger charge is -2.09. The van der Waals surface area contributed by atoms with Gasteiger partial charge in [0, 0.05) is 19.0 Å². The molecule has 0 aliphatic heterocycles. The van der Waals surface area contributed by atoms with Gasteiger partial charge in [0.15, 0.2) is 0 Å². The SMILES string of the molecule is CNc1cc(-c2sccc2C)nc(C(C)C)n1. The minimum atomic E-state index is 0.335. The van der Waals surface area contributed by atoms with Crippen LogP contribution < -0.4 is 5.32 Å². The van der Waals surface area contributed by atoms with Crippen molar-refractivity contribution in [1.29, 1.82) is 0 Å². The van der Waals surface area contributed by atoms with Crippen LogP contribution >= 0.6 is 11.3 Å². The molecule has 0 aromatic carbocycles. The molecule has 1 N–H and O–H groups in total. The van der Waals surface area contributed by atoms with Gasteiger partial charge in [-0.3, -0.25) is 0 Å². The highest BCUT2D eigenvalue weighted by Gasteiger charge is 2.11. The Kier molecular flexibility index (Phi) is 3.43. The van der Waals surface area contributed by atoms with Crippen molar-refractivity contribution >= 4 is 17.2 Å². The average Bonchev–Trinajstić information content (AvgIpc) is 2.74. The third kappa shape index (κ3) is 2.47. The summed E-state index contributed by atoms with van der Waals surface area (Å²) in [4.78, 5) is 10.3. The van der Waals surface area contributed by atoms with E-state index >= 15 is 0 Å². The van der Waals surface area contributed by atoms with Crippen molar-refractivity contribution in [3.05, 3.63) is 28.9 Å². The van der Waals surface area contributed by atoms with E-state index in [-0.39, 0.29) is 0 Å². The van der Waals surface area contributed by atoms with Crippen LogP contribution in [-0.2, 0) is 0 Å². The Labute approximate surface area is 106 Å². The average molecular weight is 247 g/mol. The second-order valence-electron chi connectivity index (χ2n) is 4.33. The minimum Gasteiger partial charge on any atom is -0.373 e. The topological polar surface area (TPSA) is 37.8 Å². The molecule has 0 aliphatic carbocycles. The summed E-state index contributed by atoms with van der Waals surface area (Å²) in [5.74, 6) is 2.11. The third-order valence-corrected chi connectivity index (χ3v) is 3.65. The standard InChI is InChI=1S/C13H17N3S/c1-8(2)13-15-10(7-11(14-4)16-13)12-9(3)5-6-17-12/h5-8H,1-4H3,(H,14,15,16). The highest BCUT2D eigenvalue weighted by atomic mass is 32.1. The Morgan fingerprint density at radius 2 is 2.06 bits per heavy atom. The van der Waals surface area contributed by atoms with Crippen LogP contribution in [0.3, 0.4) is 0 Å². The Balaban J connectivity index is 2.54. The van der Waals surface area contributed by atoms with Gasteiger partial charge in [0.25, 0.3) is 0 Å². The highest BCUT2D eigenvalue weighted by molar-refractivity contribution is 7.13. The lowest BCUT2D eigenvalue weighted by molar-refractivity contribution is 0.778. The van der Waals surface area contributed by atoms with Gasteiger partial charge in [-0.05, 0) is 23.9 Å². The van der Waals surface area contributed by atoms with Gasteiger partial charge >= 0.3 is 0 Å². The summed E-state index contributed by atoms with van der Waals surface area (Å²) in [6, 6.07) is 4.13. The van der Waals surface area contributed by atoms with E-state index in [4.69, 9.17) is 0 Å². The van der Waals surface area contributed by atoms with Crippen molar-refractivity contribution in [3.8, 4) is 10.6 Å². The number of anilines is 1. The number of rotatable bonds is 3. The lowest BCUT2D eigenvalue weighted by atomic mass is 10.2. The van der Waals surface area contributed by atoms with Crippen LogP contribution in [0.5, 0.6) is 0 Å². The van der Waals surface area contributed by atoms with Crippen LogP contribution in [0.2, 0.25) is 0 Å². The van der Waals surface area contributed by atoms with E-state index in [2.05, 4.69) is 47.5 Å². The smallest absolute Gasteiger partial charge is 0.133 e. The summed E-state index contributed by atoms with van der Waals surface area (Å²) in [5.41, 5.74) is 2.28. The summed E-state index contributed by atoms with van der Waals surface area (Å²) in [7, 11) is 1.89. The molecule has 3 nitrogen and oxygen atoms in total. The van der Waals surface area contributed by atoms with Crippen LogP contribution in [0.25, 0.3) is 10.6 Å². The second kappa shape index (κ2) is 4.84. The molecule has 2 rings (SSSR count). The van der Waals surface area contributed by atoms with Crippen molar-refractivity contribution in [2.45, 2.75) is 26.7 Å². The molecule has 0 radical (unpaired) electrons. The first-order valence-corrected chi connectivity index (χ1v) is 6.61. The Morgan fingerprint density at radius 3 is 2.59 bits per heavy atom. The van der Waals surface area contributed by atoms with Gasteiger partial charge in [-0.2, -0.15) is 0 Å². The largest absolute Gasteiger partial charge is 0.373 e. The van der Waals surface area contributed by atoms with Crippen LogP contribution in [0.4, 0.5) is 5.82 Å². The van der Waals surface area contributed by atoms with E-state index in [1.165, 1.54) is 10.4 Å². The van der Waals surface area contributed by atoms with Crippen LogP contribution in [0.1, 0.15) is 31.2 Å². The molecule has 0 saturated heterocycles.